The van der Waals surface area contributed by atoms with Crippen LogP contribution in [-0.4, -0.2) is 85.0 Å². The molecule has 47 heavy (non-hydrogen) atoms. The van der Waals surface area contributed by atoms with Gasteiger partial charge in [0.25, 0.3) is 0 Å². The summed E-state index contributed by atoms with van der Waals surface area (Å²) in [5.41, 5.74) is 3.75. The van der Waals surface area contributed by atoms with Gasteiger partial charge in [-0.05, 0) is 67.9 Å². The van der Waals surface area contributed by atoms with Crippen LogP contribution >= 0.6 is 0 Å². The van der Waals surface area contributed by atoms with Gasteiger partial charge in [0.1, 0.15) is 31.3 Å². The van der Waals surface area contributed by atoms with Crippen molar-refractivity contribution in [2.75, 3.05) is 49.2 Å². The molecule has 0 N–H and O–H groups in total. The van der Waals surface area contributed by atoms with Gasteiger partial charge in [-0.3, -0.25) is 0 Å². The molecule has 0 bridgehead atoms. The SMILES string of the molecule is CCC(C)n1ncn(-c2ccc(N3CCN(c4ccc(OC[C@@H]5CO[C@@](Cn6nccn6)(c6ccnnc6)O5)cc4)CC3)cc2)c1=O. The van der Waals surface area contributed by atoms with Crippen molar-refractivity contribution >= 4 is 11.4 Å². The number of nitrogens with zero attached hydrogens (tertiary/aromatic N) is 10. The predicted octanol–water partition coefficient (Wildman–Crippen LogP) is 3.06. The summed E-state index contributed by atoms with van der Waals surface area (Å²) in [5.74, 6) is -0.310. The number of rotatable bonds is 11. The topological polar surface area (TPSA) is 130 Å². The van der Waals surface area contributed by atoms with E-state index < -0.39 is 5.79 Å². The zero-order valence-corrected chi connectivity index (χ0v) is 26.5. The molecule has 0 saturated carbocycles. The van der Waals surface area contributed by atoms with Gasteiger partial charge in [0.05, 0.1) is 43.1 Å². The third-order valence-corrected chi connectivity index (χ3v) is 8.81. The number of benzene rings is 2. The number of aromatic nitrogens is 8. The average Bonchev–Trinajstić information content (AvgIpc) is 3.89. The first-order valence-electron chi connectivity index (χ1n) is 15.9. The van der Waals surface area contributed by atoms with E-state index in [2.05, 4.69) is 59.6 Å². The highest BCUT2D eigenvalue weighted by Gasteiger charge is 2.45. The molecule has 2 saturated heterocycles. The third kappa shape index (κ3) is 6.46. The molecular weight excluding hydrogens is 600 g/mol. The first-order chi connectivity index (χ1) is 23.0. The van der Waals surface area contributed by atoms with Crippen molar-refractivity contribution in [3.05, 3.63) is 102 Å². The maximum absolute atomic E-state index is 12.8. The lowest BCUT2D eigenvalue weighted by Crippen LogP contribution is -2.46. The highest BCUT2D eigenvalue weighted by atomic mass is 16.8. The highest BCUT2D eigenvalue weighted by molar-refractivity contribution is 5.54. The van der Waals surface area contributed by atoms with Gasteiger partial charge >= 0.3 is 5.69 Å². The molecule has 0 radical (unpaired) electrons. The van der Waals surface area contributed by atoms with Gasteiger partial charge in [-0.15, -0.1) is 0 Å². The van der Waals surface area contributed by atoms with Crippen LogP contribution in [0.25, 0.3) is 5.69 Å². The minimum absolute atomic E-state index is 0.0688. The van der Waals surface area contributed by atoms with Crippen LogP contribution in [-0.2, 0) is 21.8 Å². The summed E-state index contributed by atoms with van der Waals surface area (Å²) in [7, 11) is 0. The summed E-state index contributed by atoms with van der Waals surface area (Å²) in [5, 5.41) is 20.6. The van der Waals surface area contributed by atoms with Crippen molar-refractivity contribution in [2.45, 2.75) is 44.7 Å². The fraction of sp³-hybridized carbons (Fsp3) is 0.394. The van der Waals surface area contributed by atoms with E-state index in [0.717, 1.165) is 61.0 Å². The zero-order valence-electron chi connectivity index (χ0n) is 26.5. The fourth-order valence-electron chi connectivity index (χ4n) is 5.96. The van der Waals surface area contributed by atoms with Crippen molar-refractivity contribution in [2.24, 2.45) is 0 Å². The first kappa shape index (κ1) is 30.6. The Labute approximate surface area is 272 Å². The van der Waals surface area contributed by atoms with E-state index in [4.69, 9.17) is 14.2 Å². The molecule has 5 aromatic rings. The minimum Gasteiger partial charge on any atom is -0.491 e. The van der Waals surface area contributed by atoms with Gasteiger partial charge in [0.2, 0.25) is 5.79 Å². The molecule has 5 heterocycles. The van der Waals surface area contributed by atoms with Crippen LogP contribution in [0, 0.1) is 0 Å². The summed E-state index contributed by atoms with van der Waals surface area (Å²) in [6.07, 6.45) is 8.65. The maximum atomic E-state index is 12.8. The molecular formula is C33H38N10O4. The van der Waals surface area contributed by atoms with Crippen molar-refractivity contribution in [1.29, 1.82) is 0 Å². The molecule has 1 unspecified atom stereocenters. The van der Waals surface area contributed by atoms with Crippen molar-refractivity contribution in [3.63, 3.8) is 0 Å². The van der Waals surface area contributed by atoms with Crippen molar-refractivity contribution < 1.29 is 14.2 Å². The lowest BCUT2D eigenvalue weighted by atomic mass is 10.1. The van der Waals surface area contributed by atoms with Gasteiger partial charge in [0, 0.05) is 43.1 Å². The molecule has 2 aliphatic rings. The van der Waals surface area contributed by atoms with Crippen LogP contribution in [0.15, 0.2) is 90.5 Å². The van der Waals surface area contributed by atoms with E-state index >= 15 is 0 Å². The van der Waals surface area contributed by atoms with Gasteiger partial charge in [-0.25, -0.2) is 14.0 Å². The van der Waals surface area contributed by atoms with Crippen LogP contribution < -0.4 is 20.2 Å². The normalized spacial score (nSPS) is 20.4. The molecule has 0 amide bonds. The number of anilines is 2. The van der Waals surface area contributed by atoms with Gasteiger partial charge in [0.15, 0.2) is 0 Å². The second-order valence-electron chi connectivity index (χ2n) is 11.8. The Balaban J connectivity index is 0.913. The van der Waals surface area contributed by atoms with E-state index in [0.29, 0.717) is 13.2 Å². The van der Waals surface area contributed by atoms with Crippen LogP contribution in [0.5, 0.6) is 5.75 Å². The molecule has 3 aromatic heterocycles. The van der Waals surface area contributed by atoms with Gasteiger partial charge in [-0.2, -0.15) is 30.3 Å². The Morgan fingerprint density at radius 2 is 1.53 bits per heavy atom. The van der Waals surface area contributed by atoms with E-state index in [1.165, 1.54) is 4.80 Å². The minimum atomic E-state index is -1.08. The van der Waals surface area contributed by atoms with E-state index in [-0.39, 0.29) is 24.4 Å². The number of piperazine rings is 1. The van der Waals surface area contributed by atoms with E-state index in [1.807, 2.05) is 44.2 Å². The van der Waals surface area contributed by atoms with Crippen molar-refractivity contribution in [1.82, 2.24) is 39.5 Å². The lowest BCUT2D eigenvalue weighted by Gasteiger charge is -2.37. The predicted molar refractivity (Wildman–Crippen MR) is 174 cm³/mol. The van der Waals surface area contributed by atoms with Crippen LogP contribution in [0.2, 0.25) is 0 Å². The Bertz CT molecular complexity index is 1790. The Kier molecular flexibility index (Phi) is 8.68. The maximum Gasteiger partial charge on any atom is 0.350 e. The van der Waals surface area contributed by atoms with Crippen molar-refractivity contribution in [3.8, 4) is 11.4 Å². The summed E-state index contributed by atoms with van der Waals surface area (Å²) in [6, 6.07) is 18.2. The number of hydrogen-bond donors (Lipinski definition) is 0. The second-order valence-corrected chi connectivity index (χ2v) is 11.8. The first-order valence-corrected chi connectivity index (χ1v) is 15.9. The standard InChI is InChI=1S/C33H38N10O4/c1-3-25(2)43-32(44)41(24-38-43)29-6-4-27(5-7-29)39-16-18-40(19-17-39)28-8-10-30(11-9-28)45-21-31-22-46-33(47-31,23-42-36-14-15-37-42)26-12-13-34-35-20-26/h4-15,20,24-25,31H,3,16-19,21-23H2,1-2H3/t25?,31-,33-/m1/s1. The zero-order chi connectivity index (χ0) is 32.2. The molecule has 3 atom stereocenters. The molecule has 244 valence electrons. The Morgan fingerprint density at radius 1 is 0.872 bits per heavy atom. The fourth-order valence-corrected chi connectivity index (χ4v) is 5.96. The molecule has 0 aliphatic carbocycles. The smallest absolute Gasteiger partial charge is 0.350 e. The average molecular weight is 639 g/mol. The van der Waals surface area contributed by atoms with Crippen LogP contribution in [0.1, 0.15) is 31.9 Å². The Hall–Kier alpha value is -5.08. The molecule has 14 nitrogen and oxygen atoms in total. The summed E-state index contributed by atoms with van der Waals surface area (Å²) >= 11 is 0. The Morgan fingerprint density at radius 3 is 2.17 bits per heavy atom. The van der Waals surface area contributed by atoms with Crippen LogP contribution in [0.3, 0.4) is 0 Å². The number of hydrogen-bond acceptors (Lipinski definition) is 11. The second kappa shape index (κ2) is 13.3. The number of ether oxygens (including phenoxy) is 3. The molecule has 2 fully saturated rings. The monoisotopic (exact) mass is 638 g/mol. The quantitative estimate of drug-likeness (QED) is 0.212. The molecule has 0 spiro atoms. The molecule has 2 aromatic carbocycles. The van der Waals surface area contributed by atoms with Crippen LogP contribution in [0.4, 0.5) is 11.4 Å². The van der Waals surface area contributed by atoms with E-state index in [1.54, 1.807) is 40.4 Å². The summed E-state index contributed by atoms with van der Waals surface area (Å²) < 4.78 is 21.8. The highest BCUT2D eigenvalue weighted by Crippen LogP contribution is 2.35. The lowest BCUT2D eigenvalue weighted by molar-refractivity contribution is -0.192. The molecule has 7 rings (SSSR count). The molecule has 14 heteroatoms. The van der Waals surface area contributed by atoms with Gasteiger partial charge in [-0.1, -0.05) is 6.92 Å². The summed E-state index contributed by atoms with van der Waals surface area (Å²) in [4.78, 5) is 19.1. The largest absolute Gasteiger partial charge is 0.491 e. The van der Waals surface area contributed by atoms with E-state index in [9.17, 15) is 4.79 Å². The van der Waals surface area contributed by atoms with Gasteiger partial charge < -0.3 is 24.0 Å². The summed E-state index contributed by atoms with van der Waals surface area (Å²) in [6.45, 7) is 8.60. The third-order valence-electron chi connectivity index (χ3n) is 8.81. The molecule has 2 aliphatic heterocycles.